The summed E-state index contributed by atoms with van der Waals surface area (Å²) < 4.78 is 40.5. The third-order valence-corrected chi connectivity index (χ3v) is 4.92. The Hall–Kier alpha value is -2.76. The Morgan fingerprint density at radius 3 is 2.41 bits per heavy atom. The van der Waals surface area contributed by atoms with Gasteiger partial charge in [-0.25, -0.2) is 4.68 Å². The van der Waals surface area contributed by atoms with Crippen molar-refractivity contribution in [2.24, 2.45) is 0 Å². The fraction of sp³-hybridized carbons (Fsp3) is 0.286. The standard InChI is InChI=1S/C21H20F3N3/c1-13(2)16-5-3-4-6-18(16)27-20-17(11-12-25-20)19(26-27)14-7-9-15(10-8-14)21(22,23)24/h3-10,13,25H,11-12H2,1-2H3. The number of halogens is 3. The van der Waals surface area contributed by atoms with Crippen molar-refractivity contribution in [2.45, 2.75) is 32.4 Å². The SMILES string of the molecule is CC(C)c1ccccc1-n1nc(-c2ccc(C(F)(F)F)cc2)c2c1NCC2. The van der Waals surface area contributed by atoms with Crippen molar-refractivity contribution in [1.29, 1.82) is 0 Å². The van der Waals surface area contributed by atoms with Crippen LogP contribution in [0, 0.1) is 0 Å². The minimum atomic E-state index is -4.34. The van der Waals surface area contributed by atoms with Gasteiger partial charge in [0.05, 0.1) is 16.9 Å². The Morgan fingerprint density at radius 2 is 1.74 bits per heavy atom. The van der Waals surface area contributed by atoms with Crippen LogP contribution in [0.5, 0.6) is 0 Å². The number of alkyl halides is 3. The van der Waals surface area contributed by atoms with E-state index < -0.39 is 11.7 Å². The maximum absolute atomic E-state index is 12.9. The van der Waals surface area contributed by atoms with Crippen molar-refractivity contribution >= 4 is 5.82 Å². The van der Waals surface area contributed by atoms with Crippen LogP contribution in [0.2, 0.25) is 0 Å². The van der Waals surface area contributed by atoms with Gasteiger partial charge < -0.3 is 5.32 Å². The average Bonchev–Trinajstić information content (AvgIpc) is 3.23. The van der Waals surface area contributed by atoms with E-state index >= 15 is 0 Å². The highest BCUT2D eigenvalue weighted by Crippen LogP contribution is 2.37. The number of anilines is 1. The summed E-state index contributed by atoms with van der Waals surface area (Å²) in [5.74, 6) is 1.26. The number of hydrogen-bond acceptors (Lipinski definition) is 2. The van der Waals surface area contributed by atoms with Crippen LogP contribution in [-0.2, 0) is 12.6 Å². The molecular weight excluding hydrogens is 351 g/mol. The Labute approximate surface area is 155 Å². The number of benzene rings is 2. The summed E-state index contributed by atoms with van der Waals surface area (Å²) >= 11 is 0. The van der Waals surface area contributed by atoms with Gasteiger partial charge in [-0.3, -0.25) is 0 Å². The minimum Gasteiger partial charge on any atom is -0.369 e. The number of nitrogens with one attached hydrogen (secondary N) is 1. The van der Waals surface area contributed by atoms with E-state index in [1.165, 1.54) is 17.7 Å². The summed E-state index contributed by atoms with van der Waals surface area (Å²) in [7, 11) is 0. The summed E-state index contributed by atoms with van der Waals surface area (Å²) in [6, 6.07) is 13.3. The highest BCUT2D eigenvalue weighted by molar-refractivity contribution is 5.73. The van der Waals surface area contributed by atoms with Crippen molar-refractivity contribution in [2.75, 3.05) is 11.9 Å². The second kappa shape index (κ2) is 6.44. The van der Waals surface area contributed by atoms with Crippen LogP contribution >= 0.6 is 0 Å². The van der Waals surface area contributed by atoms with Gasteiger partial charge in [-0.05, 0) is 36.1 Å². The lowest BCUT2D eigenvalue weighted by molar-refractivity contribution is -0.137. The van der Waals surface area contributed by atoms with Crippen molar-refractivity contribution in [3.8, 4) is 16.9 Å². The second-order valence-corrected chi connectivity index (χ2v) is 7.05. The molecule has 0 fully saturated rings. The van der Waals surface area contributed by atoms with E-state index in [2.05, 4.69) is 25.2 Å². The molecule has 140 valence electrons. The molecule has 6 heteroatoms. The van der Waals surface area contributed by atoms with Crippen molar-refractivity contribution in [3.05, 3.63) is 65.2 Å². The van der Waals surface area contributed by atoms with Gasteiger partial charge in [0.25, 0.3) is 0 Å². The lowest BCUT2D eigenvalue weighted by Gasteiger charge is -2.14. The number of fused-ring (bicyclic) bond motifs is 1. The molecule has 27 heavy (non-hydrogen) atoms. The van der Waals surface area contributed by atoms with Crippen LogP contribution in [0.4, 0.5) is 19.0 Å². The van der Waals surface area contributed by atoms with Crippen LogP contribution in [0.15, 0.2) is 48.5 Å². The number of aromatic nitrogens is 2. The smallest absolute Gasteiger partial charge is 0.369 e. The summed E-state index contributed by atoms with van der Waals surface area (Å²) in [6.45, 7) is 5.06. The van der Waals surface area contributed by atoms with Crippen LogP contribution < -0.4 is 5.32 Å². The number of nitrogens with zero attached hydrogens (tertiary/aromatic N) is 2. The monoisotopic (exact) mass is 371 g/mol. The third kappa shape index (κ3) is 3.09. The molecule has 3 nitrogen and oxygen atoms in total. The normalized spacial score (nSPS) is 13.7. The summed E-state index contributed by atoms with van der Waals surface area (Å²) in [5.41, 5.74) is 4.01. The van der Waals surface area contributed by atoms with Crippen LogP contribution in [0.1, 0.15) is 36.5 Å². The maximum atomic E-state index is 12.9. The zero-order valence-electron chi connectivity index (χ0n) is 15.1. The molecule has 0 amide bonds. The third-order valence-electron chi connectivity index (χ3n) is 4.92. The Bertz CT molecular complexity index is 969. The molecule has 1 aliphatic heterocycles. The van der Waals surface area contributed by atoms with Gasteiger partial charge in [-0.1, -0.05) is 44.2 Å². The van der Waals surface area contributed by atoms with E-state index in [4.69, 9.17) is 5.10 Å². The van der Waals surface area contributed by atoms with E-state index in [9.17, 15) is 13.2 Å². The van der Waals surface area contributed by atoms with Crippen molar-refractivity contribution in [1.82, 2.24) is 9.78 Å². The topological polar surface area (TPSA) is 29.9 Å². The first kappa shape index (κ1) is 17.6. The van der Waals surface area contributed by atoms with Gasteiger partial charge in [0.1, 0.15) is 5.82 Å². The molecule has 1 aromatic heterocycles. The molecular formula is C21H20F3N3. The molecule has 0 saturated heterocycles. The van der Waals surface area contributed by atoms with Gasteiger partial charge in [0.2, 0.25) is 0 Å². The molecule has 2 aromatic carbocycles. The molecule has 2 heterocycles. The lowest BCUT2D eigenvalue weighted by atomic mass is 10.0. The minimum absolute atomic E-state index is 0.331. The molecule has 4 rings (SSSR count). The fourth-order valence-electron chi connectivity index (χ4n) is 3.57. The average molecular weight is 371 g/mol. The van der Waals surface area contributed by atoms with Gasteiger partial charge in [-0.15, -0.1) is 0 Å². The predicted octanol–water partition coefficient (Wildman–Crippen LogP) is 5.65. The molecule has 3 aromatic rings. The number of rotatable bonds is 3. The molecule has 0 bridgehead atoms. The zero-order chi connectivity index (χ0) is 19.2. The quantitative estimate of drug-likeness (QED) is 0.645. The second-order valence-electron chi connectivity index (χ2n) is 7.05. The van der Waals surface area contributed by atoms with E-state index in [0.29, 0.717) is 11.5 Å². The van der Waals surface area contributed by atoms with E-state index in [-0.39, 0.29) is 0 Å². The molecule has 0 unspecified atom stereocenters. The first-order chi connectivity index (χ1) is 12.9. The van der Waals surface area contributed by atoms with E-state index in [1.807, 2.05) is 22.9 Å². The number of para-hydroxylation sites is 1. The van der Waals surface area contributed by atoms with Crippen molar-refractivity contribution in [3.63, 3.8) is 0 Å². The molecule has 0 atom stereocenters. The highest BCUT2D eigenvalue weighted by atomic mass is 19.4. The molecule has 0 radical (unpaired) electrons. The molecule has 1 aliphatic rings. The first-order valence-corrected chi connectivity index (χ1v) is 8.99. The predicted molar refractivity (Wildman–Crippen MR) is 100 cm³/mol. The van der Waals surface area contributed by atoms with Gasteiger partial charge >= 0.3 is 6.18 Å². The Morgan fingerprint density at radius 1 is 1.04 bits per heavy atom. The van der Waals surface area contributed by atoms with Crippen LogP contribution in [-0.4, -0.2) is 16.3 Å². The summed E-state index contributed by atoms with van der Waals surface area (Å²) in [5, 5.41) is 8.16. The van der Waals surface area contributed by atoms with E-state index in [0.717, 1.165) is 47.9 Å². The molecule has 0 aliphatic carbocycles. The Kier molecular flexibility index (Phi) is 4.21. The van der Waals surface area contributed by atoms with Crippen LogP contribution in [0.3, 0.4) is 0 Å². The van der Waals surface area contributed by atoms with Gasteiger partial charge in [0.15, 0.2) is 0 Å². The van der Waals surface area contributed by atoms with Crippen LogP contribution in [0.25, 0.3) is 16.9 Å². The van der Waals surface area contributed by atoms with Crippen molar-refractivity contribution < 1.29 is 13.2 Å². The van der Waals surface area contributed by atoms with Gasteiger partial charge in [-0.2, -0.15) is 18.3 Å². The Balaban J connectivity index is 1.83. The first-order valence-electron chi connectivity index (χ1n) is 8.99. The molecule has 1 N–H and O–H groups in total. The van der Waals surface area contributed by atoms with Gasteiger partial charge in [0, 0.05) is 17.7 Å². The lowest BCUT2D eigenvalue weighted by Crippen LogP contribution is -2.07. The summed E-state index contributed by atoms with van der Waals surface area (Å²) in [4.78, 5) is 0. The highest BCUT2D eigenvalue weighted by Gasteiger charge is 2.31. The molecule has 0 saturated carbocycles. The zero-order valence-corrected chi connectivity index (χ0v) is 15.1. The summed E-state index contributed by atoms with van der Waals surface area (Å²) in [6.07, 6.45) is -3.53. The maximum Gasteiger partial charge on any atom is 0.416 e. The largest absolute Gasteiger partial charge is 0.416 e. The molecule has 0 spiro atoms. The van der Waals surface area contributed by atoms with E-state index in [1.54, 1.807) is 0 Å². The fourth-order valence-corrected chi connectivity index (χ4v) is 3.57. The number of hydrogen-bond donors (Lipinski definition) is 1.